The molecule has 0 aliphatic rings. The van der Waals surface area contributed by atoms with E-state index in [1.165, 1.54) is 0 Å². The van der Waals surface area contributed by atoms with E-state index < -0.39 is 0 Å². The third-order valence-electron chi connectivity index (χ3n) is 1.32. The molecule has 0 heterocycles. The second-order valence-corrected chi connectivity index (χ2v) is 3.81. The second-order valence-electron chi connectivity index (χ2n) is 2.88. The van der Waals surface area contributed by atoms with Crippen LogP contribution in [-0.4, -0.2) is 43.0 Å². The summed E-state index contributed by atoms with van der Waals surface area (Å²) in [7, 11) is 4.09. The minimum absolute atomic E-state index is 0.0647. The van der Waals surface area contributed by atoms with Crippen LogP contribution in [0, 0.1) is 0 Å². The molecule has 13 heavy (non-hydrogen) atoms. The topological polar surface area (TPSA) is 28.0 Å². The summed E-state index contributed by atoms with van der Waals surface area (Å²) in [6.45, 7) is 5.39. The predicted octanol–water partition coefficient (Wildman–Crippen LogP) is 2.02. The summed E-state index contributed by atoms with van der Waals surface area (Å²) in [5, 5.41) is 0. The van der Waals surface area contributed by atoms with E-state index in [-0.39, 0.29) is 4.95 Å². The van der Waals surface area contributed by atoms with E-state index in [0.717, 1.165) is 19.5 Å². The van der Waals surface area contributed by atoms with Crippen LogP contribution in [0.2, 0.25) is 0 Å². The van der Waals surface area contributed by atoms with Crippen molar-refractivity contribution in [3.05, 3.63) is 12.7 Å². The molecule has 3 nitrogen and oxygen atoms in total. The van der Waals surface area contributed by atoms with Gasteiger partial charge in [-0.25, -0.2) is 9.98 Å². The van der Waals surface area contributed by atoms with Gasteiger partial charge in [0, 0.05) is 0 Å². The zero-order valence-corrected chi connectivity index (χ0v) is 9.79. The molecule has 0 rings (SSSR count). The van der Waals surface area contributed by atoms with Crippen molar-refractivity contribution in [3.63, 3.8) is 0 Å². The van der Waals surface area contributed by atoms with Crippen LogP contribution in [-0.2, 0) is 0 Å². The monoisotopic (exact) mass is 245 g/mol. The number of aliphatic imine (C=N–C) groups is 2. The fraction of sp³-hybridized carbons (Fsp3) is 0.667. The Morgan fingerprint density at radius 1 is 1.62 bits per heavy atom. The maximum Gasteiger partial charge on any atom is 0.133 e. The summed E-state index contributed by atoms with van der Waals surface area (Å²) < 4.78 is 0. The predicted molar refractivity (Wildman–Crippen MR) is 60.8 cm³/mol. The smallest absolute Gasteiger partial charge is 0.133 e. The van der Waals surface area contributed by atoms with Crippen LogP contribution in [0.4, 0.5) is 0 Å². The molecule has 1 atom stereocenters. The van der Waals surface area contributed by atoms with Crippen LogP contribution < -0.4 is 0 Å². The number of halogens is 1. The summed E-state index contributed by atoms with van der Waals surface area (Å²) in [5.41, 5.74) is 0. The van der Waals surface area contributed by atoms with Gasteiger partial charge in [0.25, 0.3) is 0 Å². The lowest BCUT2D eigenvalue weighted by Crippen LogP contribution is -2.13. The molecular weight excluding hydrogens is 230 g/mol. The highest BCUT2D eigenvalue weighted by atomic mass is 79.9. The van der Waals surface area contributed by atoms with Crippen molar-refractivity contribution in [2.45, 2.75) is 11.4 Å². The molecule has 0 aromatic heterocycles. The van der Waals surface area contributed by atoms with Crippen molar-refractivity contribution in [1.82, 2.24) is 4.90 Å². The Balaban J connectivity index is 3.51. The molecule has 0 aliphatic heterocycles. The molecular formula is C9H16BrN3. The molecule has 0 aromatic rings. The molecule has 0 radical (unpaired) electrons. The summed E-state index contributed by atoms with van der Waals surface area (Å²) in [6, 6.07) is 2.62. The zero-order chi connectivity index (χ0) is 10.1. The average Bonchev–Trinajstić information content (AvgIpc) is 2.10. The molecule has 0 N–H and O–H groups in total. The Bertz CT molecular complexity index is 195. The molecule has 0 amide bonds. The molecule has 0 bridgehead atoms. The number of rotatable bonds is 6. The van der Waals surface area contributed by atoms with E-state index in [1.807, 2.05) is 14.1 Å². The first-order valence-corrected chi connectivity index (χ1v) is 5.11. The van der Waals surface area contributed by atoms with Crippen LogP contribution >= 0.6 is 15.9 Å². The summed E-state index contributed by atoms with van der Waals surface area (Å²) in [6.07, 6.45) is 2.72. The van der Waals surface area contributed by atoms with E-state index in [9.17, 15) is 0 Å². The first-order valence-electron chi connectivity index (χ1n) is 4.19. The molecule has 0 saturated heterocycles. The van der Waals surface area contributed by atoms with Gasteiger partial charge in [-0.15, -0.1) is 6.58 Å². The van der Waals surface area contributed by atoms with Crippen LogP contribution in [0.5, 0.6) is 0 Å². The lowest BCUT2D eigenvalue weighted by molar-refractivity contribution is 0.403. The number of hydrogen-bond donors (Lipinski definition) is 0. The molecule has 1 unspecified atom stereocenters. The van der Waals surface area contributed by atoms with Crippen molar-refractivity contribution in [2.75, 3.05) is 27.2 Å². The first kappa shape index (κ1) is 12.6. The SMILES string of the molecule is C=CC(Br)N=C=NCCCN(C)C. The standard InChI is InChI=1S/C9H16BrN3/c1-4-9(10)12-8-11-6-5-7-13(2)3/h4,9H,1,5-7H2,2-3H3. The fourth-order valence-electron chi connectivity index (χ4n) is 0.665. The summed E-state index contributed by atoms with van der Waals surface area (Å²) in [4.78, 5) is 10.0. The maximum absolute atomic E-state index is 4.01. The summed E-state index contributed by atoms with van der Waals surface area (Å²) in [5.74, 6) is 0. The normalized spacial score (nSPS) is 12.0. The highest BCUT2D eigenvalue weighted by molar-refractivity contribution is 9.09. The fourth-order valence-corrected chi connectivity index (χ4v) is 0.756. The third kappa shape index (κ3) is 9.47. The molecule has 0 aliphatic carbocycles. The molecule has 0 saturated carbocycles. The van der Waals surface area contributed by atoms with E-state index in [4.69, 9.17) is 0 Å². The Morgan fingerprint density at radius 2 is 2.31 bits per heavy atom. The quantitative estimate of drug-likeness (QED) is 0.232. The van der Waals surface area contributed by atoms with Crippen molar-refractivity contribution in [3.8, 4) is 0 Å². The van der Waals surface area contributed by atoms with Crippen molar-refractivity contribution in [2.24, 2.45) is 9.98 Å². The maximum atomic E-state index is 4.01. The third-order valence-corrected chi connectivity index (χ3v) is 1.90. The van der Waals surface area contributed by atoms with Gasteiger partial charge < -0.3 is 4.90 Å². The average molecular weight is 246 g/mol. The van der Waals surface area contributed by atoms with Crippen molar-refractivity contribution in [1.29, 1.82) is 0 Å². The van der Waals surface area contributed by atoms with Gasteiger partial charge in [-0.05, 0) is 27.1 Å². The van der Waals surface area contributed by atoms with Gasteiger partial charge in [0.15, 0.2) is 0 Å². The summed E-state index contributed by atoms with van der Waals surface area (Å²) >= 11 is 3.25. The number of alkyl halides is 1. The Kier molecular flexibility index (Phi) is 7.90. The van der Waals surface area contributed by atoms with Gasteiger partial charge in [-0.1, -0.05) is 22.0 Å². The number of hydrogen-bond acceptors (Lipinski definition) is 3. The Hall–Kier alpha value is -0.440. The van der Waals surface area contributed by atoms with Crippen LogP contribution in [0.1, 0.15) is 6.42 Å². The lowest BCUT2D eigenvalue weighted by Gasteiger charge is -2.05. The Labute approximate surface area is 88.4 Å². The minimum atomic E-state index is -0.0647. The molecule has 0 aromatic carbocycles. The molecule has 0 spiro atoms. The van der Waals surface area contributed by atoms with Crippen molar-refractivity contribution >= 4 is 21.9 Å². The highest BCUT2D eigenvalue weighted by Crippen LogP contribution is 1.98. The molecule has 74 valence electrons. The van der Waals surface area contributed by atoms with E-state index in [2.05, 4.69) is 43.4 Å². The van der Waals surface area contributed by atoms with Crippen molar-refractivity contribution < 1.29 is 0 Å². The van der Waals surface area contributed by atoms with Gasteiger partial charge in [0.1, 0.15) is 4.95 Å². The zero-order valence-electron chi connectivity index (χ0n) is 8.20. The van der Waals surface area contributed by atoms with Crippen LogP contribution in [0.15, 0.2) is 22.6 Å². The lowest BCUT2D eigenvalue weighted by atomic mass is 10.4. The van der Waals surface area contributed by atoms with Gasteiger partial charge in [0.05, 0.1) is 12.6 Å². The van der Waals surface area contributed by atoms with Crippen LogP contribution in [0.25, 0.3) is 0 Å². The van der Waals surface area contributed by atoms with Gasteiger partial charge >= 0.3 is 0 Å². The first-order chi connectivity index (χ1) is 6.16. The largest absolute Gasteiger partial charge is 0.309 e. The van der Waals surface area contributed by atoms with Gasteiger partial charge in [-0.2, -0.15) is 0 Å². The van der Waals surface area contributed by atoms with Gasteiger partial charge in [0.2, 0.25) is 0 Å². The number of nitrogens with zero attached hydrogens (tertiary/aromatic N) is 3. The molecule has 4 heteroatoms. The second kappa shape index (κ2) is 8.17. The minimum Gasteiger partial charge on any atom is -0.309 e. The van der Waals surface area contributed by atoms with E-state index in [1.54, 1.807) is 6.08 Å². The van der Waals surface area contributed by atoms with Crippen LogP contribution in [0.3, 0.4) is 0 Å². The highest BCUT2D eigenvalue weighted by Gasteiger charge is 1.88. The van der Waals surface area contributed by atoms with E-state index in [0.29, 0.717) is 0 Å². The molecule has 0 fully saturated rings. The van der Waals surface area contributed by atoms with E-state index >= 15 is 0 Å². The van der Waals surface area contributed by atoms with Gasteiger partial charge in [-0.3, -0.25) is 0 Å². The Morgan fingerprint density at radius 3 is 2.85 bits per heavy atom.